The zero-order valence-electron chi connectivity index (χ0n) is 11.6. The summed E-state index contributed by atoms with van der Waals surface area (Å²) in [6, 6.07) is 8.13. The highest BCUT2D eigenvalue weighted by molar-refractivity contribution is 5.33. The lowest BCUT2D eigenvalue weighted by molar-refractivity contribution is 0.298. The number of nitrogens with zero attached hydrogens (tertiary/aromatic N) is 1. The molecular weight excluding hydrogens is 220 g/mol. The van der Waals surface area contributed by atoms with E-state index in [0.29, 0.717) is 6.04 Å². The minimum Gasteiger partial charge on any atom is -0.308 e. The summed E-state index contributed by atoms with van der Waals surface area (Å²) in [6.07, 6.45) is 4.12. The largest absolute Gasteiger partial charge is 0.308 e. The number of aryl methyl sites for hydroxylation is 2. The van der Waals surface area contributed by atoms with Crippen LogP contribution in [-0.4, -0.2) is 30.1 Å². The normalized spacial score (nSPS) is 27.7. The standard InChI is InChI=1S/C16H24N2/c1-12-5-3-6-13(2)14(12)11-17-15-8-10-18-9-4-7-16(15)18/h3,5-6,15-17H,4,7-11H2,1-2H3. The van der Waals surface area contributed by atoms with Gasteiger partial charge in [-0.25, -0.2) is 0 Å². The van der Waals surface area contributed by atoms with Gasteiger partial charge in [0.1, 0.15) is 0 Å². The SMILES string of the molecule is Cc1cccc(C)c1CNC1CCN2CCCC12. The Morgan fingerprint density at radius 3 is 2.72 bits per heavy atom. The van der Waals surface area contributed by atoms with Gasteiger partial charge in [-0.3, -0.25) is 4.90 Å². The van der Waals surface area contributed by atoms with Gasteiger partial charge in [-0.15, -0.1) is 0 Å². The molecule has 3 rings (SSSR count). The van der Waals surface area contributed by atoms with Gasteiger partial charge >= 0.3 is 0 Å². The molecule has 0 amide bonds. The zero-order valence-corrected chi connectivity index (χ0v) is 11.6. The summed E-state index contributed by atoms with van der Waals surface area (Å²) in [7, 11) is 0. The Bertz CT molecular complexity index is 407. The molecule has 0 aromatic heterocycles. The van der Waals surface area contributed by atoms with Crippen LogP contribution in [0.1, 0.15) is 36.0 Å². The van der Waals surface area contributed by atoms with Crippen molar-refractivity contribution in [1.29, 1.82) is 0 Å². The quantitative estimate of drug-likeness (QED) is 0.879. The highest BCUT2D eigenvalue weighted by atomic mass is 15.2. The summed E-state index contributed by atoms with van der Waals surface area (Å²) in [5.74, 6) is 0. The molecule has 18 heavy (non-hydrogen) atoms. The second-order valence-electron chi connectivity index (χ2n) is 5.89. The third-order valence-electron chi connectivity index (χ3n) is 4.79. The average molecular weight is 244 g/mol. The molecule has 2 heteroatoms. The highest BCUT2D eigenvalue weighted by Crippen LogP contribution is 2.28. The van der Waals surface area contributed by atoms with Crippen molar-refractivity contribution in [3.8, 4) is 0 Å². The lowest BCUT2D eigenvalue weighted by atomic mass is 10.0. The van der Waals surface area contributed by atoms with E-state index in [1.54, 1.807) is 0 Å². The van der Waals surface area contributed by atoms with Gasteiger partial charge in [0, 0.05) is 25.2 Å². The number of benzene rings is 1. The van der Waals surface area contributed by atoms with Crippen molar-refractivity contribution in [3.05, 3.63) is 34.9 Å². The van der Waals surface area contributed by atoms with Crippen LogP contribution in [0.15, 0.2) is 18.2 Å². The smallest absolute Gasteiger partial charge is 0.0250 e. The molecule has 2 atom stereocenters. The number of nitrogens with one attached hydrogen (secondary N) is 1. The maximum Gasteiger partial charge on any atom is 0.0250 e. The molecule has 1 aromatic rings. The van der Waals surface area contributed by atoms with E-state index in [9.17, 15) is 0 Å². The molecule has 2 fully saturated rings. The molecule has 0 bridgehead atoms. The highest BCUT2D eigenvalue weighted by Gasteiger charge is 2.36. The second-order valence-corrected chi connectivity index (χ2v) is 5.89. The fraction of sp³-hybridized carbons (Fsp3) is 0.625. The first-order valence-corrected chi connectivity index (χ1v) is 7.28. The molecule has 2 nitrogen and oxygen atoms in total. The van der Waals surface area contributed by atoms with Gasteiger partial charge in [0.2, 0.25) is 0 Å². The van der Waals surface area contributed by atoms with Gasteiger partial charge in [-0.2, -0.15) is 0 Å². The van der Waals surface area contributed by atoms with Crippen LogP contribution in [-0.2, 0) is 6.54 Å². The lowest BCUT2D eigenvalue weighted by Crippen LogP contribution is -2.38. The number of hydrogen-bond donors (Lipinski definition) is 1. The summed E-state index contributed by atoms with van der Waals surface area (Å²) >= 11 is 0. The van der Waals surface area contributed by atoms with E-state index in [1.807, 2.05) is 0 Å². The third-order valence-corrected chi connectivity index (χ3v) is 4.79. The van der Waals surface area contributed by atoms with Crippen LogP contribution in [0.2, 0.25) is 0 Å². The van der Waals surface area contributed by atoms with Crippen LogP contribution in [0.5, 0.6) is 0 Å². The summed E-state index contributed by atoms with van der Waals surface area (Å²) in [5, 5.41) is 3.81. The molecule has 2 heterocycles. The maximum absolute atomic E-state index is 3.81. The predicted octanol–water partition coefficient (Wildman–Crippen LogP) is 2.63. The molecule has 1 aromatic carbocycles. The first kappa shape index (κ1) is 12.2. The first-order valence-electron chi connectivity index (χ1n) is 7.28. The number of fused-ring (bicyclic) bond motifs is 1. The molecule has 0 spiro atoms. The second kappa shape index (κ2) is 5.02. The molecule has 0 radical (unpaired) electrons. The molecule has 0 aliphatic carbocycles. The minimum atomic E-state index is 0.714. The van der Waals surface area contributed by atoms with E-state index in [-0.39, 0.29) is 0 Å². The fourth-order valence-corrected chi connectivity index (χ4v) is 3.68. The topological polar surface area (TPSA) is 15.3 Å². The number of rotatable bonds is 3. The average Bonchev–Trinajstić information content (AvgIpc) is 2.92. The van der Waals surface area contributed by atoms with Crippen molar-refractivity contribution >= 4 is 0 Å². The van der Waals surface area contributed by atoms with Crippen LogP contribution in [0.4, 0.5) is 0 Å². The van der Waals surface area contributed by atoms with E-state index in [1.165, 1.54) is 49.0 Å². The fourth-order valence-electron chi connectivity index (χ4n) is 3.68. The van der Waals surface area contributed by atoms with Crippen LogP contribution in [0.3, 0.4) is 0 Å². The molecular formula is C16H24N2. The van der Waals surface area contributed by atoms with Crippen LogP contribution < -0.4 is 5.32 Å². The first-order chi connectivity index (χ1) is 8.75. The molecule has 1 N–H and O–H groups in total. The maximum atomic E-state index is 3.81. The minimum absolute atomic E-state index is 0.714. The van der Waals surface area contributed by atoms with E-state index in [2.05, 4.69) is 42.3 Å². The van der Waals surface area contributed by atoms with Crippen LogP contribution in [0, 0.1) is 13.8 Å². The lowest BCUT2D eigenvalue weighted by Gasteiger charge is -2.22. The van der Waals surface area contributed by atoms with Crippen molar-refractivity contribution in [2.24, 2.45) is 0 Å². The Balaban J connectivity index is 1.64. The van der Waals surface area contributed by atoms with Crippen LogP contribution >= 0.6 is 0 Å². The third kappa shape index (κ3) is 2.19. The Labute approximate surface area is 110 Å². The van der Waals surface area contributed by atoms with Gasteiger partial charge in [0.05, 0.1) is 0 Å². The van der Waals surface area contributed by atoms with Crippen molar-refractivity contribution in [2.45, 2.75) is 51.7 Å². The van der Waals surface area contributed by atoms with Crippen molar-refractivity contribution in [1.82, 2.24) is 10.2 Å². The van der Waals surface area contributed by atoms with Crippen molar-refractivity contribution < 1.29 is 0 Å². The van der Waals surface area contributed by atoms with Gasteiger partial charge < -0.3 is 5.32 Å². The molecule has 2 unspecified atom stereocenters. The number of hydrogen-bond acceptors (Lipinski definition) is 2. The molecule has 98 valence electrons. The molecule has 2 aliphatic rings. The summed E-state index contributed by atoms with van der Waals surface area (Å²) < 4.78 is 0. The summed E-state index contributed by atoms with van der Waals surface area (Å²) in [6.45, 7) is 8.11. The molecule has 2 aliphatic heterocycles. The molecule has 0 saturated carbocycles. The van der Waals surface area contributed by atoms with Gasteiger partial charge in [0.25, 0.3) is 0 Å². The Hall–Kier alpha value is -0.860. The van der Waals surface area contributed by atoms with Gasteiger partial charge in [-0.05, 0) is 56.3 Å². The van der Waals surface area contributed by atoms with Crippen molar-refractivity contribution in [3.63, 3.8) is 0 Å². The van der Waals surface area contributed by atoms with E-state index < -0.39 is 0 Å². The Morgan fingerprint density at radius 2 is 1.94 bits per heavy atom. The van der Waals surface area contributed by atoms with E-state index in [4.69, 9.17) is 0 Å². The predicted molar refractivity (Wildman–Crippen MR) is 75.8 cm³/mol. The van der Waals surface area contributed by atoms with Crippen LogP contribution in [0.25, 0.3) is 0 Å². The van der Waals surface area contributed by atoms with E-state index >= 15 is 0 Å². The van der Waals surface area contributed by atoms with Gasteiger partial charge in [-0.1, -0.05) is 18.2 Å². The van der Waals surface area contributed by atoms with Gasteiger partial charge in [0.15, 0.2) is 0 Å². The molecule has 2 saturated heterocycles. The van der Waals surface area contributed by atoms with Crippen molar-refractivity contribution in [2.75, 3.05) is 13.1 Å². The summed E-state index contributed by atoms with van der Waals surface area (Å²) in [4.78, 5) is 2.67. The Morgan fingerprint density at radius 1 is 1.17 bits per heavy atom. The van der Waals surface area contributed by atoms with E-state index in [0.717, 1.165) is 12.6 Å². The Kier molecular flexibility index (Phi) is 3.40. The zero-order chi connectivity index (χ0) is 12.5. The monoisotopic (exact) mass is 244 g/mol. The summed E-state index contributed by atoms with van der Waals surface area (Å²) in [5.41, 5.74) is 4.33.